The van der Waals surface area contributed by atoms with Gasteiger partial charge in [-0.25, -0.2) is 4.79 Å². The number of carboxylic acid groups (broad SMARTS) is 1. The van der Waals surface area contributed by atoms with Crippen LogP contribution in [0.1, 0.15) is 82.3 Å². The zero-order valence-corrected chi connectivity index (χ0v) is 43.5. The van der Waals surface area contributed by atoms with Crippen molar-refractivity contribution in [2.45, 2.75) is 126 Å². The molecule has 78 heavy (non-hydrogen) atoms. The third-order valence-electron chi connectivity index (χ3n) is 12.4. The molecule has 3 aromatic rings. The molecule has 0 saturated carbocycles. The van der Waals surface area contributed by atoms with Gasteiger partial charge in [-0.15, -0.1) is 0 Å². The van der Waals surface area contributed by atoms with Crippen LogP contribution in [-0.2, 0) is 56.0 Å². The Kier molecular flexibility index (Phi) is 25.1. The molecule has 8 amide bonds. The Balaban J connectivity index is 1.79. The van der Waals surface area contributed by atoms with Crippen molar-refractivity contribution in [3.05, 3.63) is 71.9 Å². The fourth-order valence-electron chi connectivity index (χ4n) is 8.49. The van der Waals surface area contributed by atoms with Crippen LogP contribution in [0.15, 0.2) is 60.8 Å². The van der Waals surface area contributed by atoms with Crippen LogP contribution in [-0.4, -0.2) is 150 Å². The highest BCUT2D eigenvalue weighted by atomic mass is 16.4. The van der Waals surface area contributed by atoms with Gasteiger partial charge >= 0.3 is 5.97 Å². The fourth-order valence-corrected chi connectivity index (χ4v) is 8.49. The number of carbonyl (C=O) groups excluding carboxylic acids is 8. The number of carboxylic acids is 1. The molecule has 0 spiro atoms. The van der Waals surface area contributed by atoms with Gasteiger partial charge in [0.2, 0.25) is 47.3 Å². The maximum Gasteiger partial charge on any atom is 0.326 e. The van der Waals surface area contributed by atoms with Crippen LogP contribution in [0, 0.1) is 16.2 Å². The molecule has 7 atom stereocenters. The number of aromatic nitrogens is 1. The minimum Gasteiger partial charge on any atom is -0.480 e. The van der Waals surface area contributed by atoms with Crippen LogP contribution in [0.4, 0.5) is 0 Å². The number of fused-ring (bicyclic) bond motifs is 1. The number of hydrogen-bond acceptors (Lipinski definition) is 12. The summed E-state index contributed by atoms with van der Waals surface area (Å²) in [5.41, 5.74) is 18.3. The molecule has 1 fully saturated rings. The van der Waals surface area contributed by atoms with E-state index >= 15 is 0 Å². The van der Waals surface area contributed by atoms with Crippen molar-refractivity contribution < 1.29 is 48.3 Å². The molecule has 1 aliphatic heterocycles. The highest BCUT2D eigenvalue weighted by Gasteiger charge is 2.35. The quantitative estimate of drug-likeness (QED) is 0.0303. The van der Waals surface area contributed by atoms with E-state index in [-0.39, 0.29) is 115 Å². The fraction of sp³-hybridized carbons (Fsp3) is 0.480. The monoisotopic (exact) mass is 1090 g/mol. The van der Waals surface area contributed by atoms with Crippen LogP contribution in [0.25, 0.3) is 10.9 Å². The number of H-pyrrole nitrogens is 1. The lowest BCUT2D eigenvalue weighted by atomic mass is 10.0. The number of nitrogens with two attached hydrogens (primary N) is 3. The summed E-state index contributed by atoms with van der Waals surface area (Å²) in [7, 11) is 0. The largest absolute Gasteiger partial charge is 0.480 e. The van der Waals surface area contributed by atoms with Gasteiger partial charge in [0, 0.05) is 63.0 Å². The third-order valence-corrected chi connectivity index (χ3v) is 12.4. The summed E-state index contributed by atoms with van der Waals surface area (Å²) < 4.78 is 0. The molecule has 424 valence electrons. The minimum absolute atomic E-state index is 0.00559. The maximum atomic E-state index is 14.7. The lowest BCUT2D eigenvalue weighted by Gasteiger charge is -2.28. The topological polar surface area (TPSA) is 472 Å². The Morgan fingerprint density at radius 2 is 1.19 bits per heavy atom. The predicted molar refractivity (Wildman–Crippen MR) is 288 cm³/mol. The second-order valence-electron chi connectivity index (χ2n) is 18.7. The molecule has 1 aliphatic rings. The summed E-state index contributed by atoms with van der Waals surface area (Å²) >= 11 is 0. The van der Waals surface area contributed by atoms with Gasteiger partial charge in [-0.1, -0.05) is 48.5 Å². The molecule has 4 rings (SSSR count). The molecule has 2 heterocycles. The van der Waals surface area contributed by atoms with Gasteiger partial charge in [0.15, 0.2) is 17.9 Å². The first-order valence-electron chi connectivity index (χ1n) is 25.6. The normalized spacial score (nSPS) is 20.6. The molecular formula is C50H74N18O10. The number of aliphatic carboxylic acids is 1. The predicted octanol–water partition coefficient (Wildman–Crippen LogP) is -3.07. The molecule has 0 radical (unpaired) electrons. The molecular weight excluding hydrogens is 1010 g/mol. The number of hydrogen-bond donors (Lipinski definition) is 19. The Morgan fingerprint density at radius 3 is 1.78 bits per heavy atom. The number of guanidine groups is 3. The van der Waals surface area contributed by atoms with Crippen molar-refractivity contribution in [3.63, 3.8) is 0 Å². The van der Waals surface area contributed by atoms with E-state index in [2.05, 4.69) is 63.5 Å². The van der Waals surface area contributed by atoms with Gasteiger partial charge in [-0.3, -0.25) is 54.6 Å². The van der Waals surface area contributed by atoms with Crippen LogP contribution in [0.5, 0.6) is 0 Å². The first kappa shape index (κ1) is 61.6. The molecule has 22 N–H and O–H groups in total. The molecule has 28 nitrogen and oxygen atoms in total. The van der Waals surface area contributed by atoms with E-state index in [4.69, 9.17) is 33.4 Å². The van der Waals surface area contributed by atoms with E-state index < -0.39 is 102 Å². The zero-order valence-electron chi connectivity index (χ0n) is 43.5. The second kappa shape index (κ2) is 31.8. The van der Waals surface area contributed by atoms with Gasteiger partial charge in [0.05, 0.1) is 6.42 Å². The van der Waals surface area contributed by atoms with E-state index in [0.717, 1.165) is 10.9 Å². The lowest BCUT2D eigenvalue weighted by molar-refractivity contribution is -0.142. The van der Waals surface area contributed by atoms with Crippen molar-refractivity contribution in [2.75, 3.05) is 26.2 Å². The van der Waals surface area contributed by atoms with Crippen molar-refractivity contribution >= 4 is 82.0 Å². The lowest BCUT2D eigenvalue weighted by Crippen LogP contribution is -2.60. The van der Waals surface area contributed by atoms with Crippen LogP contribution < -0.4 is 75.7 Å². The molecule has 1 saturated heterocycles. The molecule has 0 bridgehead atoms. The molecule has 0 aliphatic carbocycles. The minimum atomic E-state index is -1.68. The average Bonchev–Trinajstić information content (AvgIpc) is 3.80. The Labute approximate surface area is 450 Å². The zero-order chi connectivity index (χ0) is 57.1. The van der Waals surface area contributed by atoms with Gasteiger partial charge in [0.1, 0.15) is 42.3 Å². The summed E-state index contributed by atoms with van der Waals surface area (Å²) in [6.45, 7) is 1.44. The van der Waals surface area contributed by atoms with Crippen LogP contribution in [0.3, 0.4) is 0 Å². The van der Waals surface area contributed by atoms with Gasteiger partial charge < -0.3 is 85.8 Å². The van der Waals surface area contributed by atoms with Crippen molar-refractivity contribution in [2.24, 2.45) is 17.2 Å². The highest BCUT2D eigenvalue weighted by molar-refractivity contribution is 5.99. The summed E-state index contributed by atoms with van der Waals surface area (Å²) in [6, 6.07) is 5.62. The van der Waals surface area contributed by atoms with Crippen molar-refractivity contribution in [1.82, 2.24) is 63.5 Å². The van der Waals surface area contributed by atoms with Gasteiger partial charge in [-0.05, 0) is 75.0 Å². The summed E-state index contributed by atoms with van der Waals surface area (Å²) in [5.74, 6) is -9.12. The number of aromatic amines is 1. The van der Waals surface area contributed by atoms with E-state index in [1.165, 1.54) is 6.92 Å². The standard InChI is InChI=1S/C50H74N18O10/c1-28(69)62-33(17-9-21-58-48(51)52)41(71)68-39-26-40(70)57-20-8-7-16-36(47(77)78)65-45(75)38(25-30-27-61-32-15-6-5-14-31(30)32)67-43(73)35(19-11-23-60-50(55)56)63-44(74)37(24-29-12-3-2-4-13-29)66-42(72)34(64-46(39)76)18-10-22-59-49(53)54/h2-6,12-15,27,33-39,61H,7-11,16-26H2,1H3,(H,57,70)(H,62,69)(H,63,74)(H,64,76)(H,65,75)(H,66,72)(H,67,73)(H,68,71)(H,77,78)(H4,51,52,58)(H4,53,54,59)(H4,55,56,60)/t33-,34-,35-,36?,37+,38-,39-/m0/s1. The number of carbonyl (C=O) groups is 9. The average molecular weight is 1090 g/mol. The van der Waals surface area contributed by atoms with Gasteiger partial charge in [0.25, 0.3) is 0 Å². The van der Waals surface area contributed by atoms with E-state index in [9.17, 15) is 48.3 Å². The Bertz CT molecular complexity index is 2600. The molecule has 28 heteroatoms. The molecule has 2 aromatic carbocycles. The summed E-state index contributed by atoms with van der Waals surface area (Å²) in [4.78, 5) is 128. The smallest absolute Gasteiger partial charge is 0.326 e. The molecule has 1 aromatic heterocycles. The second-order valence-corrected chi connectivity index (χ2v) is 18.7. The molecule has 1 unspecified atom stereocenters. The number of amides is 8. The number of nitrogens with one attached hydrogen (secondary N) is 15. The Hall–Kier alpha value is -8.98. The van der Waals surface area contributed by atoms with Crippen molar-refractivity contribution in [3.8, 4) is 0 Å². The SMILES string of the molecule is CC(=O)N[C@@H](CCCNC(=N)N)C(=O)N[C@H]1CC(=O)NCCCCC(C(=O)O)NC(=O)[C@H](Cc2c[nH]c3ccccc23)NC(=O)[C@H](CCCNC(=N)N)NC(=O)[C@@H](Cc2ccccc2)NC(=O)[C@H](CCCNC(=N)N)NC1=O. The van der Waals surface area contributed by atoms with Gasteiger partial charge in [-0.2, -0.15) is 0 Å². The summed E-state index contributed by atoms with van der Waals surface area (Å²) in [6.07, 6.45) is 1.16. The number of rotatable bonds is 20. The van der Waals surface area contributed by atoms with E-state index in [1.807, 2.05) is 18.2 Å². The summed E-state index contributed by atoms with van der Waals surface area (Å²) in [5, 5.41) is 62.5. The number of benzene rings is 2. The van der Waals surface area contributed by atoms with E-state index in [1.54, 1.807) is 42.6 Å². The Morgan fingerprint density at radius 1 is 0.667 bits per heavy atom. The highest BCUT2D eigenvalue weighted by Crippen LogP contribution is 2.20. The third kappa shape index (κ3) is 21.7. The first-order chi connectivity index (χ1) is 37.2. The van der Waals surface area contributed by atoms with Crippen LogP contribution in [0.2, 0.25) is 0 Å². The maximum absolute atomic E-state index is 14.7. The van der Waals surface area contributed by atoms with E-state index in [0.29, 0.717) is 11.1 Å². The number of para-hydroxylation sites is 1. The van der Waals surface area contributed by atoms with Crippen LogP contribution >= 0.6 is 0 Å². The first-order valence-corrected chi connectivity index (χ1v) is 25.6. The van der Waals surface area contributed by atoms with Crippen molar-refractivity contribution in [1.29, 1.82) is 16.2 Å².